The highest BCUT2D eigenvalue weighted by Gasteiger charge is 2.38. The van der Waals surface area contributed by atoms with E-state index in [0.717, 1.165) is 6.26 Å². The average Bonchev–Trinajstić information content (AvgIpc) is 2.87. The van der Waals surface area contributed by atoms with E-state index in [2.05, 4.69) is 15.6 Å². The Morgan fingerprint density at radius 2 is 1.92 bits per heavy atom. The molecule has 25 heavy (non-hydrogen) atoms. The maximum absolute atomic E-state index is 12.6. The summed E-state index contributed by atoms with van der Waals surface area (Å²) in [4.78, 5) is 1.64. The Hall–Kier alpha value is -2.62. The van der Waals surface area contributed by atoms with E-state index in [1.54, 1.807) is 31.3 Å². The molecule has 0 amide bonds. The Morgan fingerprint density at radius 3 is 2.52 bits per heavy atom. The highest BCUT2D eigenvalue weighted by Crippen LogP contribution is 2.34. The second-order valence-electron chi connectivity index (χ2n) is 5.49. The Labute approximate surface area is 142 Å². The minimum Gasteiger partial charge on any atom is -0.386 e. The maximum atomic E-state index is 12.6. The molecule has 0 radical (unpaired) electrons. The maximum Gasteiger partial charge on any atom is 0.574 e. The summed E-state index contributed by atoms with van der Waals surface area (Å²) in [5, 5.41) is 0. The van der Waals surface area contributed by atoms with Crippen LogP contribution in [-0.4, -0.2) is 21.0 Å². The van der Waals surface area contributed by atoms with E-state index in [-0.39, 0.29) is 10.6 Å². The van der Waals surface area contributed by atoms with Gasteiger partial charge in [0.2, 0.25) is 5.88 Å². The first-order chi connectivity index (χ1) is 11.6. The first-order valence-corrected chi connectivity index (χ1v) is 8.96. The number of hydrogen-bond acceptors (Lipinski definition) is 6. The van der Waals surface area contributed by atoms with Gasteiger partial charge in [-0.1, -0.05) is 0 Å². The lowest BCUT2D eigenvalue weighted by molar-refractivity contribution is -0.308. The zero-order chi connectivity index (χ0) is 18.4. The number of hydrazine groups is 1. The fourth-order valence-corrected chi connectivity index (χ4v) is 3.59. The highest BCUT2D eigenvalue weighted by atomic mass is 32.2. The van der Waals surface area contributed by atoms with Gasteiger partial charge >= 0.3 is 6.36 Å². The van der Waals surface area contributed by atoms with Gasteiger partial charge in [0.25, 0.3) is 0 Å². The van der Waals surface area contributed by atoms with Crippen LogP contribution in [0.1, 0.15) is 5.56 Å². The molecule has 0 atom stereocenters. The molecular weight excluding hydrogens is 359 g/mol. The summed E-state index contributed by atoms with van der Waals surface area (Å²) in [5.74, 6) is -0.493. The molecule has 0 unspecified atom stereocenters. The molecule has 10 heteroatoms. The molecule has 3 rings (SSSR count). The molecule has 0 bridgehead atoms. The number of fused-ring (bicyclic) bond motifs is 1. The van der Waals surface area contributed by atoms with Crippen LogP contribution < -0.4 is 15.8 Å². The van der Waals surface area contributed by atoms with Gasteiger partial charge in [0.1, 0.15) is 5.70 Å². The van der Waals surface area contributed by atoms with Crippen molar-refractivity contribution in [2.75, 3.05) is 11.2 Å². The molecule has 2 N–H and O–H groups in total. The second kappa shape index (κ2) is 5.73. The number of hydrogen-bond donors (Lipinski definition) is 2. The third kappa shape index (κ3) is 3.43. The van der Waals surface area contributed by atoms with Crippen molar-refractivity contribution in [2.24, 2.45) is 0 Å². The molecule has 0 aliphatic carbocycles. The Kier molecular flexibility index (Phi) is 3.94. The first-order valence-electron chi connectivity index (χ1n) is 7.07. The molecule has 134 valence electrons. The first kappa shape index (κ1) is 17.2. The van der Waals surface area contributed by atoms with Crippen LogP contribution in [0.5, 0.6) is 0 Å². The van der Waals surface area contributed by atoms with Crippen molar-refractivity contribution < 1.29 is 26.3 Å². The van der Waals surface area contributed by atoms with Crippen LogP contribution in [0.25, 0.3) is 0 Å². The monoisotopic (exact) mass is 373 g/mol. The van der Waals surface area contributed by atoms with Crippen LogP contribution in [0.15, 0.2) is 58.7 Å². The number of ether oxygens (including phenoxy) is 1. The quantitative estimate of drug-likeness (QED) is 0.848. The average molecular weight is 373 g/mol. The fourth-order valence-electron chi connectivity index (χ4n) is 2.63. The smallest absolute Gasteiger partial charge is 0.386 e. The molecule has 0 spiro atoms. The zero-order valence-corrected chi connectivity index (χ0v) is 14.0. The second-order valence-corrected chi connectivity index (χ2v) is 7.47. The summed E-state index contributed by atoms with van der Waals surface area (Å²) in [6.07, 6.45) is 1.03. The van der Waals surface area contributed by atoms with Crippen LogP contribution in [0, 0.1) is 6.92 Å². The van der Waals surface area contributed by atoms with Crippen molar-refractivity contribution in [3.63, 3.8) is 0 Å². The third-order valence-corrected chi connectivity index (χ3v) is 4.83. The summed E-state index contributed by atoms with van der Waals surface area (Å²) < 4.78 is 65.3. The Bertz CT molecular complexity index is 918. The Balaban J connectivity index is 2.05. The van der Waals surface area contributed by atoms with Gasteiger partial charge < -0.3 is 9.64 Å². The molecule has 0 saturated carbocycles. The number of halogens is 3. The number of allylic oxidation sites excluding steroid dienone is 2. The number of aryl methyl sites for hydroxylation is 1. The molecule has 0 saturated heterocycles. The number of benzene rings is 1. The lowest BCUT2D eigenvalue weighted by Crippen LogP contribution is -2.27. The van der Waals surface area contributed by atoms with Gasteiger partial charge in [-0.05, 0) is 42.8 Å². The van der Waals surface area contributed by atoms with Crippen LogP contribution in [0.4, 0.5) is 18.9 Å². The van der Waals surface area contributed by atoms with Crippen molar-refractivity contribution in [3.05, 3.63) is 59.4 Å². The van der Waals surface area contributed by atoms with Gasteiger partial charge in [0.05, 0.1) is 10.6 Å². The lowest BCUT2D eigenvalue weighted by atomic mass is 10.1. The van der Waals surface area contributed by atoms with Gasteiger partial charge in [0.15, 0.2) is 9.84 Å². The van der Waals surface area contributed by atoms with Crippen LogP contribution in [0.2, 0.25) is 0 Å². The largest absolute Gasteiger partial charge is 0.574 e. The molecule has 2 heterocycles. The summed E-state index contributed by atoms with van der Waals surface area (Å²) in [7, 11) is -3.39. The molecule has 1 aromatic rings. The number of nitrogens with zero attached hydrogens (tertiary/aromatic N) is 1. The van der Waals surface area contributed by atoms with E-state index < -0.39 is 22.1 Å². The normalized spacial score (nSPS) is 17.0. The summed E-state index contributed by atoms with van der Waals surface area (Å²) in [6.45, 7) is 1.62. The fraction of sp³-hybridized carbons (Fsp3) is 0.200. The van der Waals surface area contributed by atoms with E-state index in [4.69, 9.17) is 0 Å². The summed E-state index contributed by atoms with van der Waals surface area (Å²) in [6, 6.07) is 4.53. The summed E-state index contributed by atoms with van der Waals surface area (Å²) in [5.41, 5.74) is 6.48. The summed E-state index contributed by atoms with van der Waals surface area (Å²) >= 11 is 0. The van der Waals surface area contributed by atoms with E-state index in [9.17, 15) is 21.6 Å². The zero-order valence-electron chi connectivity index (χ0n) is 13.2. The van der Waals surface area contributed by atoms with E-state index >= 15 is 0 Å². The Morgan fingerprint density at radius 1 is 1.20 bits per heavy atom. The predicted octanol–water partition coefficient (Wildman–Crippen LogP) is 2.43. The molecule has 0 aromatic heterocycles. The minimum absolute atomic E-state index is 0.145. The van der Waals surface area contributed by atoms with Crippen molar-refractivity contribution >= 4 is 15.5 Å². The standard InChI is InChI=1S/C15H14F3N3O3S/c1-9-8-10(5-6-12(9)25(2,22)23)21-7-3-4-11-13(21)14(20-19-11)24-15(16,17)18/h3-8,19-20H,1-2H3. The predicted molar refractivity (Wildman–Crippen MR) is 84.4 cm³/mol. The van der Waals surface area contributed by atoms with Crippen molar-refractivity contribution in [1.82, 2.24) is 10.9 Å². The van der Waals surface area contributed by atoms with Gasteiger partial charge in [-0.3, -0.25) is 10.9 Å². The van der Waals surface area contributed by atoms with Crippen LogP contribution in [-0.2, 0) is 14.6 Å². The number of alkyl halides is 3. The van der Waals surface area contributed by atoms with Crippen LogP contribution >= 0.6 is 0 Å². The topological polar surface area (TPSA) is 70.7 Å². The van der Waals surface area contributed by atoms with Gasteiger partial charge in [-0.2, -0.15) is 0 Å². The highest BCUT2D eigenvalue weighted by molar-refractivity contribution is 7.90. The van der Waals surface area contributed by atoms with Gasteiger partial charge in [-0.15, -0.1) is 13.2 Å². The van der Waals surface area contributed by atoms with Gasteiger partial charge in [-0.25, -0.2) is 8.42 Å². The lowest BCUT2D eigenvalue weighted by Gasteiger charge is -2.25. The number of nitrogens with one attached hydrogen (secondary N) is 2. The molecule has 2 aliphatic heterocycles. The minimum atomic E-state index is -4.85. The van der Waals surface area contributed by atoms with Crippen molar-refractivity contribution in [3.8, 4) is 0 Å². The number of sulfone groups is 1. The number of anilines is 1. The van der Waals surface area contributed by atoms with Crippen molar-refractivity contribution in [2.45, 2.75) is 18.2 Å². The molecule has 2 aliphatic rings. The molecular formula is C15H14F3N3O3S. The van der Waals surface area contributed by atoms with Gasteiger partial charge in [0, 0.05) is 18.1 Å². The van der Waals surface area contributed by atoms with E-state index in [1.165, 1.54) is 17.0 Å². The number of rotatable bonds is 3. The van der Waals surface area contributed by atoms with Crippen molar-refractivity contribution in [1.29, 1.82) is 0 Å². The third-order valence-electron chi connectivity index (χ3n) is 3.57. The molecule has 6 nitrogen and oxygen atoms in total. The van der Waals surface area contributed by atoms with Crippen LogP contribution in [0.3, 0.4) is 0 Å². The van der Waals surface area contributed by atoms with E-state index in [1.807, 2.05) is 0 Å². The molecule has 0 fully saturated rings. The molecule has 1 aromatic carbocycles. The van der Waals surface area contributed by atoms with E-state index in [0.29, 0.717) is 16.9 Å². The SMILES string of the molecule is Cc1cc(N2C=CC=C3NNC(OC(F)(F)F)=C32)ccc1S(C)(=O)=O.